The second-order valence-corrected chi connectivity index (χ2v) is 10.5. The molecule has 41 heavy (non-hydrogen) atoms. The van der Waals surface area contributed by atoms with Crippen molar-refractivity contribution in [1.29, 1.82) is 0 Å². The van der Waals surface area contributed by atoms with Crippen molar-refractivity contribution in [2.75, 3.05) is 37.4 Å². The van der Waals surface area contributed by atoms with Crippen LogP contribution in [-0.4, -0.2) is 47.1 Å². The second kappa shape index (κ2) is 13.4. The number of carbonyl (C=O) groups excluding carboxylic acids is 1. The molecule has 5 rings (SSSR count). The molecular formula is C34H37N5O2. The first-order valence-electron chi connectivity index (χ1n) is 14.1. The van der Waals surface area contributed by atoms with Crippen molar-refractivity contribution in [2.45, 2.75) is 33.2 Å². The molecule has 1 fully saturated rings. The van der Waals surface area contributed by atoms with Crippen molar-refractivity contribution in [2.24, 2.45) is 0 Å². The highest BCUT2D eigenvalue weighted by Crippen LogP contribution is 2.32. The molecule has 3 heterocycles. The number of nitrogens with two attached hydrogens (primary N) is 1. The first-order chi connectivity index (χ1) is 20.0. The fourth-order valence-electron chi connectivity index (χ4n) is 5.10. The monoisotopic (exact) mass is 547 g/mol. The maximum absolute atomic E-state index is 13.8. The molecule has 1 saturated heterocycles. The topological polar surface area (TPSA) is 93.4 Å². The molecule has 1 amide bonds. The minimum atomic E-state index is -0.203. The smallest absolute Gasteiger partial charge is 0.256 e. The van der Waals surface area contributed by atoms with Crippen LogP contribution in [0.4, 0.5) is 11.4 Å². The Morgan fingerprint density at radius 2 is 1.66 bits per heavy atom. The Balaban J connectivity index is 1.40. The maximum Gasteiger partial charge on any atom is 0.256 e. The number of morpholine rings is 1. The Morgan fingerprint density at radius 3 is 2.44 bits per heavy atom. The number of carbonyl (C=O) groups is 1. The van der Waals surface area contributed by atoms with Crippen LogP contribution in [0.25, 0.3) is 16.7 Å². The van der Waals surface area contributed by atoms with Crippen molar-refractivity contribution >= 4 is 22.9 Å². The van der Waals surface area contributed by atoms with Crippen LogP contribution in [-0.2, 0) is 22.5 Å². The van der Waals surface area contributed by atoms with E-state index in [9.17, 15) is 4.79 Å². The third-order valence-corrected chi connectivity index (χ3v) is 7.45. The van der Waals surface area contributed by atoms with Gasteiger partial charge in [-0.3, -0.25) is 19.7 Å². The van der Waals surface area contributed by atoms with Gasteiger partial charge < -0.3 is 15.8 Å². The van der Waals surface area contributed by atoms with Crippen molar-refractivity contribution in [3.05, 3.63) is 113 Å². The van der Waals surface area contributed by atoms with E-state index in [1.54, 1.807) is 6.20 Å². The number of aromatic nitrogens is 2. The van der Waals surface area contributed by atoms with Crippen LogP contribution in [0, 0.1) is 0 Å². The zero-order valence-electron chi connectivity index (χ0n) is 23.8. The summed E-state index contributed by atoms with van der Waals surface area (Å²) in [5.41, 5.74) is 15.3. The Kier molecular flexibility index (Phi) is 9.19. The van der Waals surface area contributed by atoms with Crippen LogP contribution in [0.1, 0.15) is 42.5 Å². The highest BCUT2D eigenvalue weighted by atomic mass is 16.5. The van der Waals surface area contributed by atoms with Crippen molar-refractivity contribution in [3.63, 3.8) is 0 Å². The number of nitrogens with one attached hydrogen (secondary N) is 1. The maximum atomic E-state index is 13.8. The number of nitrogen functional groups attached to an aromatic ring is 1. The lowest BCUT2D eigenvalue weighted by Gasteiger charge is -2.26. The summed E-state index contributed by atoms with van der Waals surface area (Å²) in [6.45, 7) is 8.21. The molecular weight excluding hydrogens is 510 g/mol. The molecule has 0 atom stereocenters. The fourth-order valence-corrected chi connectivity index (χ4v) is 5.10. The Labute approximate surface area is 242 Å². The minimum absolute atomic E-state index is 0.203. The first-order valence-corrected chi connectivity index (χ1v) is 14.1. The fraction of sp³-hybridized carbons (Fsp3) is 0.265. The quantitative estimate of drug-likeness (QED) is 0.198. The zero-order valence-corrected chi connectivity index (χ0v) is 23.8. The number of pyridine rings is 2. The molecule has 0 bridgehead atoms. The molecule has 0 spiro atoms. The van der Waals surface area contributed by atoms with Gasteiger partial charge in [0.25, 0.3) is 5.91 Å². The summed E-state index contributed by atoms with van der Waals surface area (Å²) in [7, 11) is 0. The number of hydrogen-bond donors (Lipinski definition) is 2. The molecule has 7 nitrogen and oxygen atoms in total. The van der Waals surface area contributed by atoms with Crippen LogP contribution in [0.3, 0.4) is 0 Å². The molecule has 1 aliphatic rings. The van der Waals surface area contributed by atoms with Gasteiger partial charge in [-0.1, -0.05) is 48.9 Å². The SMILES string of the molecule is CCC(C)=C(C(=O)Nc1cncc(Cc2ccccc2)c1)c1cc(-c2cncc(CN3CCOCC3)c2)ccc1N. The van der Waals surface area contributed by atoms with E-state index in [4.69, 9.17) is 10.5 Å². The van der Waals surface area contributed by atoms with E-state index >= 15 is 0 Å². The normalized spacial score (nSPS) is 14.4. The highest BCUT2D eigenvalue weighted by Gasteiger charge is 2.19. The second-order valence-electron chi connectivity index (χ2n) is 10.5. The van der Waals surface area contributed by atoms with Crippen LogP contribution >= 0.6 is 0 Å². The van der Waals surface area contributed by atoms with Crippen LogP contribution in [0.5, 0.6) is 0 Å². The van der Waals surface area contributed by atoms with E-state index in [1.165, 1.54) is 5.56 Å². The van der Waals surface area contributed by atoms with Crippen molar-refractivity contribution in [3.8, 4) is 11.1 Å². The average Bonchev–Trinajstić information content (AvgIpc) is 2.99. The van der Waals surface area contributed by atoms with Crippen LogP contribution in [0.15, 0.2) is 91.0 Å². The average molecular weight is 548 g/mol. The summed E-state index contributed by atoms with van der Waals surface area (Å²) < 4.78 is 5.48. The summed E-state index contributed by atoms with van der Waals surface area (Å²) in [5.74, 6) is -0.203. The van der Waals surface area contributed by atoms with Gasteiger partial charge in [0.1, 0.15) is 0 Å². The Morgan fingerprint density at radius 1 is 0.902 bits per heavy atom. The molecule has 4 aromatic rings. The summed E-state index contributed by atoms with van der Waals surface area (Å²) >= 11 is 0. The standard InChI is InChI=1S/C34H37N5O2/c1-3-24(2)33(34(40)38-30-17-26(19-37-22-30)15-25-7-5-4-6-8-25)31-18-28(9-10-32(31)35)29-16-27(20-36-21-29)23-39-11-13-41-14-12-39/h4-10,16-22H,3,11-15,23,35H2,1-2H3,(H,38,40). The van der Waals surface area contributed by atoms with Gasteiger partial charge in [-0.05, 0) is 66.3 Å². The Hall–Kier alpha value is -4.33. The van der Waals surface area contributed by atoms with E-state index in [0.29, 0.717) is 22.5 Å². The summed E-state index contributed by atoms with van der Waals surface area (Å²) in [5, 5.41) is 3.08. The molecule has 210 valence electrons. The zero-order chi connectivity index (χ0) is 28.6. The predicted octanol–water partition coefficient (Wildman–Crippen LogP) is 5.97. The molecule has 2 aromatic carbocycles. The van der Waals surface area contributed by atoms with Crippen LogP contribution < -0.4 is 11.1 Å². The predicted molar refractivity (Wildman–Crippen MR) is 165 cm³/mol. The third-order valence-electron chi connectivity index (χ3n) is 7.45. The minimum Gasteiger partial charge on any atom is -0.398 e. The van der Waals surface area contributed by atoms with Gasteiger partial charge in [0, 0.05) is 60.6 Å². The molecule has 7 heteroatoms. The van der Waals surface area contributed by atoms with E-state index in [-0.39, 0.29) is 5.91 Å². The van der Waals surface area contributed by atoms with E-state index in [0.717, 1.165) is 73.5 Å². The van der Waals surface area contributed by atoms with Gasteiger partial charge in [0.05, 0.1) is 25.1 Å². The van der Waals surface area contributed by atoms with E-state index in [1.807, 2.05) is 74.9 Å². The number of hydrogen-bond acceptors (Lipinski definition) is 6. The molecule has 0 unspecified atom stereocenters. The molecule has 2 aromatic heterocycles. The highest BCUT2D eigenvalue weighted by molar-refractivity contribution is 6.27. The van der Waals surface area contributed by atoms with Crippen LogP contribution in [0.2, 0.25) is 0 Å². The van der Waals surface area contributed by atoms with Gasteiger partial charge >= 0.3 is 0 Å². The summed E-state index contributed by atoms with van der Waals surface area (Å²) in [6, 6.07) is 20.2. The molecule has 0 aliphatic carbocycles. The molecule has 1 aliphatic heterocycles. The van der Waals surface area contributed by atoms with E-state index < -0.39 is 0 Å². The molecule has 0 saturated carbocycles. The van der Waals surface area contributed by atoms with Crippen molar-refractivity contribution < 1.29 is 9.53 Å². The number of nitrogens with zero attached hydrogens (tertiary/aromatic N) is 3. The number of rotatable bonds is 9. The number of allylic oxidation sites excluding steroid dienone is 1. The summed E-state index contributed by atoms with van der Waals surface area (Å²) in [4.78, 5) is 25.0. The third kappa shape index (κ3) is 7.25. The lowest BCUT2D eigenvalue weighted by Crippen LogP contribution is -2.35. The summed E-state index contributed by atoms with van der Waals surface area (Å²) in [6.07, 6.45) is 8.74. The molecule has 0 radical (unpaired) electrons. The number of anilines is 2. The number of benzene rings is 2. The van der Waals surface area contributed by atoms with Gasteiger partial charge in [0.2, 0.25) is 0 Å². The van der Waals surface area contributed by atoms with Gasteiger partial charge in [-0.15, -0.1) is 0 Å². The number of amides is 1. The van der Waals surface area contributed by atoms with Gasteiger partial charge in [0.15, 0.2) is 0 Å². The van der Waals surface area contributed by atoms with Crippen molar-refractivity contribution in [1.82, 2.24) is 14.9 Å². The number of ether oxygens (including phenoxy) is 1. The van der Waals surface area contributed by atoms with E-state index in [2.05, 4.69) is 38.4 Å². The lowest BCUT2D eigenvalue weighted by atomic mass is 9.93. The Bertz CT molecular complexity index is 1530. The lowest BCUT2D eigenvalue weighted by molar-refractivity contribution is -0.111. The molecule has 3 N–H and O–H groups in total. The van der Waals surface area contributed by atoms with Gasteiger partial charge in [-0.2, -0.15) is 0 Å². The first kappa shape index (κ1) is 28.2. The largest absolute Gasteiger partial charge is 0.398 e. The van der Waals surface area contributed by atoms with Gasteiger partial charge in [-0.25, -0.2) is 0 Å².